The van der Waals surface area contributed by atoms with Crippen LogP contribution in [-0.4, -0.2) is 14.1 Å². The molecule has 64 heavy (non-hydrogen) atoms. The minimum Gasteiger partial charge on any atom is -0.308 e. The molecule has 0 N–H and O–H groups in total. The minimum atomic E-state index is 0.566. The molecule has 0 saturated carbocycles. The van der Waals surface area contributed by atoms with Gasteiger partial charge in [-0.05, 0) is 98.6 Å². The Morgan fingerprint density at radius 2 is 0.734 bits per heavy atom. The highest BCUT2D eigenvalue weighted by Crippen LogP contribution is 2.47. The molecule has 298 valence electrons. The largest absolute Gasteiger partial charge is 0.308 e. The number of hydrogen-bond acceptors (Lipinski definition) is 2. The van der Waals surface area contributed by atoms with Crippen LogP contribution in [0.2, 0.25) is 0 Å². The summed E-state index contributed by atoms with van der Waals surface area (Å²) >= 11 is 0. The molecule has 0 unspecified atom stereocenters. The van der Waals surface area contributed by atoms with Crippen LogP contribution in [0.4, 0.5) is 0 Å². The minimum absolute atomic E-state index is 0.566. The third-order valence-corrected chi connectivity index (χ3v) is 12.7. The van der Waals surface area contributed by atoms with Crippen LogP contribution in [0.5, 0.6) is 0 Å². The number of nitriles is 1. The summed E-state index contributed by atoms with van der Waals surface area (Å²) < 4.78 is 4.74. The molecule has 3 heterocycles. The molecule has 0 aliphatic heterocycles. The number of hydrogen-bond donors (Lipinski definition) is 0. The van der Waals surface area contributed by atoms with Gasteiger partial charge in [0.2, 0.25) is 0 Å². The lowest BCUT2D eigenvalue weighted by molar-refractivity contribution is 1.13. The van der Waals surface area contributed by atoms with Crippen LogP contribution >= 0.6 is 0 Å². The Kier molecular flexibility index (Phi) is 8.84. The van der Waals surface area contributed by atoms with E-state index in [4.69, 9.17) is 0 Å². The standard InChI is InChI=1S/C60H38N4/c61-39-40-37-56(63-52-29-13-11-25-50(52)59-48(27-15-31-54(59)63)46-23-9-7-21-44(46)41-17-3-1-4-18-41)58(43-33-35-62-36-34-43)57(38-40)64-53-30-14-12-26-51(53)60-49(28-16-32-55(60)64)47-24-10-8-22-45(47)42-19-5-2-6-20-42/h1-38H. The number of fused-ring (bicyclic) bond motifs is 6. The van der Waals surface area contributed by atoms with Crippen LogP contribution < -0.4 is 0 Å². The predicted octanol–water partition coefficient (Wildman–Crippen LogP) is 15.5. The molecular weight excluding hydrogens is 777 g/mol. The lowest BCUT2D eigenvalue weighted by atomic mass is 9.92. The van der Waals surface area contributed by atoms with Crippen LogP contribution in [-0.2, 0) is 0 Å². The van der Waals surface area contributed by atoms with Gasteiger partial charge in [0.1, 0.15) is 0 Å². The number of para-hydroxylation sites is 2. The first-order valence-electron chi connectivity index (χ1n) is 21.6. The van der Waals surface area contributed by atoms with Crippen molar-refractivity contribution < 1.29 is 0 Å². The fourth-order valence-electron chi connectivity index (χ4n) is 10.0. The lowest BCUT2D eigenvalue weighted by Crippen LogP contribution is -2.05. The van der Waals surface area contributed by atoms with E-state index in [9.17, 15) is 5.26 Å². The second-order valence-corrected chi connectivity index (χ2v) is 16.2. The molecule has 0 aliphatic carbocycles. The Bertz CT molecular complexity index is 3560. The summed E-state index contributed by atoms with van der Waals surface area (Å²) in [6, 6.07) is 80.1. The smallest absolute Gasteiger partial charge is 0.0993 e. The second kappa shape index (κ2) is 15.3. The van der Waals surface area contributed by atoms with Crippen molar-refractivity contribution in [2.45, 2.75) is 0 Å². The van der Waals surface area contributed by atoms with E-state index in [1.807, 2.05) is 12.4 Å². The Morgan fingerprint density at radius 3 is 1.20 bits per heavy atom. The van der Waals surface area contributed by atoms with Crippen molar-refractivity contribution in [2.24, 2.45) is 0 Å². The quantitative estimate of drug-likeness (QED) is 0.161. The van der Waals surface area contributed by atoms with Gasteiger partial charge in [-0.1, -0.05) is 170 Å². The van der Waals surface area contributed by atoms with Crippen molar-refractivity contribution >= 4 is 43.6 Å². The number of pyridine rings is 1. The molecular formula is C60H38N4. The van der Waals surface area contributed by atoms with Gasteiger partial charge in [0, 0.05) is 39.5 Å². The van der Waals surface area contributed by atoms with Crippen LogP contribution in [0.15, 0.2) is 231 Å². The van der Waals surface area contributed by atoms with E-state index in [0.29, 0.717) is 5.56 Å². The fourth-order valence-corrected chi connectivity index (χ4v) is 10.0. The van der Waals surface area contributed by atoms with E-state index >= 15 is 0 Å². The zero-order chi connectivity index (χ0) is 42.6. The Hall–Kier alpha value is -8.78. The molecule has 0 aliphatic rings. The zero-order valence-corrected chi connectivity index (χ0v) is 34.7. The predicted molar refractivity (Wildman–Crippen MR) is 265 cm³/mol. The third-order valence-electron chi connectivity index (χ3n) is 12.7. The van der Waals surface area contributed by atoms with E-state index in [2.05, 4.69) is 239 Å². The molecule has 0 fully saturated rings. The van der Waals surface area contributed by atoms with E-state index in [0.717, 1.165) is 88.4 Å². The molecule has 3 aromatic heterocycles. The lowest BCUT2D eigenvalue weighted by Gasteiger charge is -2.21. The molecule has 9 aromatic carbocycles. The molecule has 0 radical (unpaired) electrons. The average molecular weight is 815 g/mol. The number of benzene rings is 9. The van der Waals surface area contributed by atoms with Crippen molar-refractivity contribution in [1.82, 2.24) is 14.1 Å². The van der Waals surface area contributed by atoms with E-state index in [-0.39, 0.29) is 0 Å². The van der Waals surface area contributed by atoms with Gasteiger partial charge in [0.25, 0.3) is 0 Å². The van der Waals surface area contributed by atoms with Crippen molar-refractivity contribution in [1.29, 1.82) is 5.26 Å². The van der Waals surface area contributed by atoms with E-state index in [1.165, 1.54) is 22.3 Å². The summed E-state index contributed by atoms with van der Waals surface area (Å²) in [5, 5.41) is 15.6. The normalized spacial score (nSPS) is 11.4. The van der Waals surface area contributed by atoms with Crippen LogP contribution in [0.3, 0.4) is 0 Å². The van der Waals surface area contributed by atoms with Crippen LogP contribution in [0.25, 0.3) is 111 Å². The summed E-state index contributed by atoms with van der Waals surface area (Å²) in [6.07, 6.45) is 3.71. The van der Waals surface area contributed by atoms with Crippen molar-refractivity contribution in [3.8, 4) is 73.1 Å². The summed E-state index contributed by atoms with van der Waals surface area (Å²) in [5.74, 6) is 0. The second-order valence-electron chi connectivity index (χ2n) is 16.2. The highest BCUT2D eigenvalue weighted by atomic mass is 15.0. The van der Waals surface area contributed by atoms with Crippen LogP contribution in [0.1, 0.15) is 5.56 Å². The van der Waals surface area contributed by atoms with Crippen molar-refractivity contribution in [2.75, 3.05) is 0 Å². The topological polar surface area (TPSA) is 46.5 Å². The van der Waals surface area contributed by atoms with Gasteiger partial charge in [-0.2, -0.15) is 5.26 Å². The first kappa shape index (κ1) is 37.0. The monoisotopic (exact) mass is 814 g/mol. The first-order valence-corrected chi connectivity index (χ1v) is 21.6. The molecule has 12 aromatic rings. The summed E-state index contributed by atoms with van der Waals surface area (Å²) in [6.45, 7) is 0. The Balaban J connectivity index is 1.19. The van der Waals surface area contributed by atoms with Gasteiger partial charge in [0.05, 0.1) is 45.1 Å². The average Bonchev–Trinajstić information content (AvgIpc) is 3.90. The van der Waals surface area contributed by atoms with Crippen LogP contribution in [0, 0.1) is 11.3 Å². The molecule has 4 heteroatoms. The fraction of sp³-hybridized carbons (Fsp3) is 0. The van der Waals surface area contributed by atoms with Gasteiger partial charge >= 0.3 is 0 Å². The molecule has 12 rings (SSSR count). The van der Waals surface area contributed by atoms with E-state index in [1.54, 1.807) is 0 Å². The van der Waals surface area contributed by atoms with Gasteiger partial charge in [-0.3, -0.25) is 4.98 Å². The molecule has 4 nitrogen and oxygen atoms in total. The Morgan fingerprint density at radius 1 is 0.344 bits per heavy atom. The zero-order valence-electron chi connectivity index (χ0n) is 34.7. The molecule has 0 bridgehead atoms. The summed E-state index contributed by atoms with van der Waals surface area (Å²) in [4.78, 5) is 4.48. The Labute approximate surface area is 370 Å². The summed E-state index contributed by atoms with van der Waals surface area (Å²) in [5.41, 5.74) is 17.9. The molecule has 0 spiro atoms. The highest BCUT2D eigenvalue weighted by molar-refractivity contribution is 6.19. The highest BCUT2D eigenvalue weighted by Gasteiger charge is 2.25. The van der Waals surface area contributed by atoms with Gasteiger partial charge in [0.15, 0.2) is 0 Å². The molecule has 0 amide bonds. The number of rotatable bonds is 7. The first-order chi connectivity index (χ1) is 31.8. The number of aromatic nitrogens is 3. The molecule has 0 saturated heterocycles. The van der Waals surface area contributed by atoms with Gasteiger partial charge in [-0.15, -0.1) is 0 Å². The maximum absolute atomic E-state index is 11.0. The van der Waals surface area contributed by atoms with E-state index < -0.39 is 0 Å². The van der Waals surface area contributed by atoms with Crippen molar-refractivity contribution in [3.63, 3.8) is 0 Å². The molecule has 0 atom stereocenters. The van der Waals surface area contributed by atoms with Crippen molar-refractivity contribution in [3.05, 3.63) is 236 Å². The summed E-state index contributed by atoms with van der Waals surface area (Å²) in [7, 11) is 0. The van der Waals surface area contributed by atoms with Gasteiger partial charge in [-0.25, -0.2) is 0 Å². The van der Waals surface area contributed by atoms with Gasteiger partial charge < -0.3 is 9.13 Å². The third kappa shape index (κ3) is 5.87. The number of nitrogens with zero attached hydrogens (tertiary/aromatic N) is 4. The SMILES string of the molecule is N#Cc1cc(-n2c3ccccc3c3c(-c4ccccc4-c4ccccc4)cccc32)c(-c2ccncc2)c(-n2c3ccccc3c3c(-c4ccccc4-c4ccccc4)cccc32)c1. The maximum Gasteiger partial charge on any atom is 0.0993 e. The maximum atomic E-state index is 11.0.